The minimum absolute atomic E-state index is 0.108. The van der Waals surface area contributed by atoms with Gasteiger partial charge in [-0.15, -0.1) is 0 Å². The molecule has 1 unspecified atom stereocenters. The molecule has 0 spiro atoms. The predicted molar refractivity (Wildman–Crippen MR) is 86.8 cm³/mol. The van der Waals surface area contributed by atoms with Crippen LogP contribution in [0.3, 0.4) is 0 Å². The van der Waals surface area contributed by atoms with Gasteiger partial charge in [-0.1, -0.05) is 19.8 Å². The molecule has 0 aromatic heterocycles. The summed E-state index contributed by atoms with van der Waals surface area (Å²) < 4.78 is 0.255. The second-order valence-electron chi connectivity index (χ2n) is 5.85. The van der Waals surface area contributed by atoms with Crippen molar-refractivity contribution in [2.45, 2.75) is 56.6 Å². The van der Waals surface area contributed by atoms with Crippen molar-refractivity contribution < 1.29 is 14.7 Å². The third-order valence-corrected chi connectivity index (χ3v) is 5.87. The summed E-state index contributed by atoms with van der Waals surface area (Å²) in [6.45, 7) is 3.40. The average molecular weight is 316 g/mol. The van der Waals surface area contributed by atoms with Crippen LogP contribution in [0.5, 0.6) is 0 Å². The summed E-state index contributed by atoms with van der Waals surface area (Å²) in [4.78, 5) is 22.3. The zero-order valence-corrected chi connectivity index (χ0v) is 13.9. The number of urea groups is 1. The van der Waals surface area contributed by atoms with Crippen molar-refractivity contribution in [3.8, 4) is 0 Å². The summed E-state index contributed by atoms with van der Waals surface area (Å²) in [6.07, 6.45) is 8.41. The van der Waals surface area contributed by atoms with E-state index in [0.717, 1.165) is 19.4 Å². The molecule has 1 fully saturated rings. The van der Waals surface area contributed by atoms with Gasteiger partial charge in [0.2, 0.25) is 0 Å². The number of aliphatic carboxylic acids is 1. The zero-order valence-electron chi connectivity index (χ0n) is 13.1. The molecule has 0 saturated heterocycles. The predicted octanol–water partition coefficient (Wildman–Crippen LogP) is 2.85. The van der Waals surface area contributed by atoms with Crippen LogP contribution in [0, 0.1) is 5.92 Å². The minimum atomic E-state index is -0.748. The van der Waals surface area contributed by atoms with Crippen LogP contribution >= 0.6 is 11.8 Å². The molecule has 3 N–H and O–H groups in total. The fraction of sp³-hybridized carbons (Fsp3) is 0.867. The molecule has 1 rings (SSSR count). The quantitative estimate of drug-likeness (QED) is 0.579. The average Bonchev–Trinajstić information content (AvgIpc) is 2.41. The molecule has 0 radical (unpaired) electrons. The molecule has 1 saturated carbocycles. The lowest BCUT2D eigenvalue weighted by Crippen LogP contribution is -2.48. The summed E-state index contributed by atoms with van der Waals surface area (Å²) in [7, 11) is 0. The fourth-order valence-electron chi connectivity index (χ4n) is 2.60. The number of rotatable bonds is 10. The summed E-state index contributed by atoms with van der Waals surface area (Å²) in [5, 5.41) is 14.5. The van der Waals surface area contributed by atoms with Crippen LogP contribution in [-0.4, -0.2) is 41.2 Å². The van der Waals surface area contributed by atoms with Gasteiger partial charge in [-0.25, -0.2) is 4.79 Å². The van der Waals surface area contributed by atoms with E-state index in [4.69, 9.17) is 5.11 Å². The summed E-state index contributed by atoms with van der Waals surface area (Å²) in [5.41, 5.74) is 0. The van der Waals surface area contributed by atoms with Gasteiger partial charge in [-0.3, -0.25) is 4.79 Å². The summed E-state index contributed by atoms with van der Waals surface area (Å²) in [5.74, 6) is -0.382. The Morgan fingerprint density at radius 1 is 1.29 bits per heavy atom. The number of amides is 2. The Labute approximate surface area is 131 Å². The molecule has 0 aromatic rings. The number of hydrogen-bond donors (Lipinski definition) is 3. The van der Waals surface area contributed by atoms with Crippen LogP contribution in [0.15, 0.2) is 0 Å². The normalized spacial score (nSPS) is 17.6. The second kappa shape index (κ2) is 9.18. The Morgan fingerprint density at radius 3 is 2.48 bits per heavy atom. The first-order valence-corrected chi connectivity index (χ1v) is 9.02. The smallest absolute Gasteiger partial charge is 0.314 e. The Kier molecular flexibility index (Phi) is 7.93. The van der Waals surface area contributed by atoms with Gasteiger partial charge in [0.15, 0.2) is 0 Å². The highest BCUT2D eigenvalue weighted by atomic mass is 32.2. The molecular formula is C15H28N2O3S. The highest BCUT2D eigenvalue weighted by Crippen LogP contribution is 2.42. The zero-order chi connectivity index (χ0) is 15.7. The first-order valence-electron chi connectivity index (χ1n) is 7.80. The van der Waals surface area contributed by atoms with Crippen molar-refractivity contribution >= 4 is 23.8 Å². The standard InChI is InChI=1S/C15H28N2O3S/c1-3-12(5-6-13(18)19)7-10-16-14(20)17-11-15(21-2)8-4-9-15/h12H,3-11H2,1-2H3,(H,18,19)(H2,16,17,20). The van der Waals surface area contributed by atoms with E-state index in [1.165, 1.54) is 19.3 Å². The van der Waals surface area contributed by atoms with Crippen molar-refractivity contribution in [3.63, 3.8) is 0 Å². The maximum atomic E-state index is 11.8. The Bertz CT molecular complexity index is 340. The number of nitrogens with one attached hydrogen (secondary N) is 2. The third kappa shape index (κ3) is 6.59. The van der Waals surface area contributed by atoms with Crippen LogP contribution < -0.4 is 10.6 Å². The molecule has 1 atom stereocenters. The minimum Gasteiger partial charge on any atom is -0.481 e. The van der Waals surface area contributed by atoms with E-state index in [2.05, 4.69) is 23.8 Å². The van der Waals surface area contributed by atoms with Crippen LogP contribution in [0.4, 0.5) is 4.79 Å². The number of thioether (sulfide) groups is 1. The van der Waals surface area contributed by atoms with Gasteiger partial charge in [0.05, 0.1) is 0 Å². The van der Waals surface area contributed by atoms with Crippen LogP contribution in [0.25, 0.3) is 0 Å². The molecule has 0 aromatic carbocycles. The lowest BCUT2D eigenvalue weighted by molar-refractivity contribution is -0.137. The first kappa shape index (κ1) is 18.1. The molecule has 1 aliphatic rings. The van der Waals surface area contributed by atoms with E-state index in [-0.39, 0.29) is 17.2 Å². The van der Waals surface area contributed by atoms with E-state index in [1.54, 1.807) is 0 Å². The van der Waals surface area contributed by atoms with Gasteiger partial charge in [0, 0.05) is 24.3 Å². The number of carboxylic acids is 1. The van der Waals surface area contributed by atoms with Crippen LogP contribution in [-0.2, 0) is 4.79 Å². The molecule has 0 bridgehead atoms. The Hall–Kier alpha value is -0.910. The molecular weight excluding hydrogens is 288 g/mol. The lowest BCUT2D eigenvalue weighted by Gasteiger charge is -2.40. The van der Waals surface area contributed by atoms with Crippen molar-refractivity contribution in [2.75, 3.05) is 19.3 Å². The van der Waals surface area contributed by atoms with Crippen molar-refractivity contribution in [1.82, 2.24) is 10.6 Å². The summed E-state index contributed by atoms with van der Waals surface area (Å²) >= 11 is 1.84. The highest BCUT2D eigenvalue weighted by Gasteiger charge is 2.36. The van der Waals surface area contributed by atoms with E-state index in [1.807, 2.05) is 11.8 Å². The molecule has 0 heterocycles. The SMILES string of the molecule is CCC(CCNC(=O)NCC1(SC)CCC1)CCC(=O)O. The van der Waals surface area contributed by atoms with Gasteiger partial charge in [-0.05, 0) is 37.9 Å². The number of carbonyl (C=O) groups is 2. The Morgan fingerprint density at radius 2 is 2.00 bits per heavy atom. The molecule has 6 heteroatoms. The number of hydrogen-bond acceptors (Lipinski definition) is 3. The first-order chi connectivity index (χ1) is 10.0. The molecule has 21 heavy (non-hydrogen) atoms. The highest BCUT2D eigenvalue weighted by molar-refractivity contribution is 8.00. The Balaban J connectivity index is 2.13. The van der Waals surface area contributed by atoms with Gasteiger partial charge >= 0.3 is 12.0 Å². The van der Waals surface area contributed by atoms with Crippen molar-refractivity contribution in [1.29, 1.82) is 0 Å². The number of carbonyl (C=O) groups excluding carboxylic acids is 1. The molecule has 2 amide bonds. The molecule has 0 aliphatic heterocycles. The fourth-order valence-corrected chi connectivity index (χ4v) is 3.51. The van der Waals surface area contributed by atoms with E-state index in [9.17, 15) is 9.59 Å². The van der Waals surface area contributed by atoms with Crippen molar-refractivity contribution in [2.24, 2.45) is 5.92 Å². The van der Waals surface area contributed by atoms with Crippen molar-refractivity contribution in [3.05, 3.63) is 0 Å². The van der Waals surface area contributed by atoms with Gasteiger partial charge in [-0.2, -0.15) is 11.8 Å². The summed E-state index contributed by atoms with van der Waals surface area (Å²) in [6, 6.07) is -0.108. The number of carboxylic acid groups (broad SMARTS) is 1. The maximum absolute atomic E-state index is 11.8. The monoisotopic (exact) mass is 316 g/mol. The van der Waals surface area contributed by atoms with Gasteiger partial charge in [0.1, 0.15) is 0 Å². The van der Waals surface area contributed by atoms with Gasteiger partial charge < -0.3 is 15.7 Å². The lowest BCUT2D eigenvalue weighted by atomic mass is 9.84. The van der Waals surface area contributed by atoms with E-state index in [0.29, 0.717) is 18.9 Å². The van der Waals surface area contributed by atoms with E-state index < -0.39 is 5.97 Å². The van der Waals surface area contributed by atoms with Crippen LogP contribution in [0.2, 0.25) is 0 Å². The van der Waals surface area contributed by atoms with Crippen LogP contribution in [0.1, 0.15) is 51.9 Å². The molecule has 5 nitrogen and oxygen atoms in total. The van der Waals surface area contributed by atoms with E-state index >= 15 is 0 Å². The van der Waals surface area contributed by atoms with Gasteiger partial charge in [0.25, 0.3) is 0 Å². The topological polar surface area (TPSA) is 78.4 Å². The third-order valence-electron chi connectivity index (χ3n) is 4.45. The largest absolute Gasteiger partial charge is 0.481 e. The second-order valence-corrected chi connectivity index (χ2v) is 7.12. The molecule has 122 valence electrons. The molecule has 1 aliphatic carbocycles. The maximum Gasteiger partial charge on any atom is 0.314 e.